The van der Waals surface area contributed by atoms with Crippen LogP contribution in [-0.4, -0.2) is 31.6 Å². The highest BCUT2D eigenvalue weighted by atomic mass is 16.5. The Balaban J connectivity index is 1.72. The van der Waals surface area contributed by atoms with Crippen molar-refractivity contribution in [3.8, 4) is 5.75 Å². The van der Waals surface area contributed by atoms with Crippen LogP contribution in [0.5, 0.6) is 5.75 Å². The average Bonchev–Trinajstić information content (AvgIpc) is 2.95. The van der Waals surface area contributed by atoms with Crippen LogP contribution in [0.25, 0.3) is 0 Å². The van der Waals surface area contributed by atoms with E-state index in [-0.39, 0.29) is 11.9 Å². The highest BCUT2D eigenvalue weighted by molar-refractivity contribution is 5.81. The molecule has 3 rings (SSSR count). The summed E-state index contributed by atoms with van der Waals surface area (Å²) in [5.74, 6) is 1.62. The van der Waals surface area contributed by atoms with Crippen LogP contribution in [0.4, 0.5) is 0 Å². The Bertz CT molecular complexity index is 501. The van der Waals surface area contributed by atoms with Gasteiger partial charge >= 0.3 is 0 Å². The van der Waals surface area contributed by atoms with Gasteiger partial charge in [-0.05, 0) is 49.4 Å². The van der Waals surface area contributed by atoms with E-state index < -0.39 is 0 Å². The van der Waals surface area contributed by atoms with Gasteiger partial charge in [0.2, 0.25) is 5.91 Å². The maximum atomic E-state index is 12.0. The number of amides is 1. The monoisotopic (exact) mass is 274 g/mol. The summed E-state index contributed by atoms with van der Waals surface area (Å²) < 4.78 is 5.56. The predicted octanol–water partition coefficient (Wildman–Crippen LogP) is 1.59. The van der Waals surface area contributed by atoms with Gasteiger partial charge < -0.3 is 15.4 Å². The molecule has 2 aliphatic rings. The Morgan fingerprint density at radius 1 is 1.50 bits per heavy atom. The lowest BCUT2D eigenvalue weighted by Gasteiger charge is -2.30. The zero-order chi connectivity index (χ0) is 13.9. The molecule has 1 saturated heterocycles. The third-order valence-corrected chi connectivity index (χ3v) is 4.26. The van der Waals surface area contributed by atoms with Crippen molar-refractivity contribution in [2.24, 2.45) is 0 Å². The molecular weight excluding hydrogens is 252 g/mol. The lowest BCUT2D eigenvalue weighted by Crippen LogP contribution is -2.48. The second-order valence-corrected chi connectivity index (χ2v) is 5.59. The number of ether oxygens (including phenoxy) is 1. The number of nitrogens with one attached hydrogen (secondary N) is 2. The molecule has 0 radical (unpaired) electrons. The van der Waals surface area contributed by atoms with Gasteiger partial charge in [-0.1, -0.05) is 12.1 Å². The van der Waals surface area contributed by atoms with Crippen molar-refractivity contribution in [1.82, 2.24) is 10.6 Å². The Kier molecular flexibility index (Phi) is 3.92. The third kappa shape index (κ3) is 2.66. The smallest absolute Gasteiger partial charge is 0.237 e. The first-order chi connectivity index (χ1) is 9.78. The molecule has 0 aromatic heterocycles. The molecule has 108 valence electrons. The zero-order valence-electron chi connectivity index (χ0n) is 11.9. The standard InChI is InChI=1S/C16H22N2O2/c1-2-17-16(19)14-10-12(5-7-18-14)11-3-4-15-13(9-11)6-8-20-15/h3-4,9,12,14,18H,2,5-8,10H2,1H3,(H,17,19). The number of carbonyl (C=O) groups is 1. The SMILES string of the molecule is CCNC(=O)C1CC(c2ccc3c(c2)CCO3)CCN1. The van der Waals surface area contributed by atoms with Gasteiger partial charge in [0.05, 0.1) is 12.6 Å². The van der Waals surface area contributed by atoms with Gasteiger partial charge in [-0.25, -0.2) is 0 Å². The van der Waals surface area contributed by atoms with Gasteiger partial charge in [0.1, 0.15) is 5.75 Å². The fraction of sp³-hybridized carbons (Fsp3) is 0.562. The molecule has 1 fully saturated rings. The molecular formula is C16H22N2O2. The van der Waals surface area contributed by atoms with Crippen LogP contribution in [0.2, 0.25) is 0 Å². The van der Waals surface area contributed by atoms with E-state index in [1.807, 2.05) is 6.92 Å². The molecule has 1 amide bonds. The Hall–Kier alpha value is -1.55. The minimum atomic E-state index is -0.0572. The lowest BCUT2D eigenvalue weighted by atomic mass is 9.85. The van der Waals surface area contributed by atoms with Crippen LogP contribution in [0.3, 0.4) is 0 Å². The predicted molar refractivity (Wildman–Crippen MR) is 78.1 cm³/mol. The number of hydrogen-bond donors (Lipinski definition) is 2. The highest BCUT2D eigenvalue weighted by Gasteiger charge is 2.28. The van der Waals surface area contributed by atoms with E-state index in [0.717, 1.165) is 38.2 Å². The van der Waals surface area contributed by atoms with Crippen molar-refractivity contribution in [1.29, 1.82) is 0 Å². The second kappa shape index (κ2) is 5.83. The summed E-state index contributed by atoms with van der Waals surface area (Å²) in [5.41, 5.74) is 2.67. The molecule has 2 N–H and O–H groups in total. The summed E-state index contributed by atoms with van der Waals surface area (Å²) in [6, 6.07) is 6.46. The molecule has 4 nitrogen and oxygen atoms in total. The Morgan fingerprint density at radius 2 is 2.40 bits per heavy atom. The number of likely N-dealkylation sites (N-methyl/N-ethyl adjacent to an activating group) is 1. The van der Waals surface area contributed by atoms with Gasteiger partial charge in [0, 0.05) is 13.0 Å². The van der Waals surface area contributed by atoms with E-state index in [0.29, 0.717) is 12.5 Å². The molecule has 4 heteroatoms. The van der Waals surface area contributed by atoms with E-state index in [1.54, 1.807) is 0 Å². The molecule has 0 bridgehead atoms. The van der Waals surface area contributed by atoms with Gasteiger partial charge in [0.15, 0.2) is 0 Å². The molecule has 20 heavy (non-hydrogen) atoms. The van der Waals surface area contributed by atoms with Gasteiger partial charge in [0.25, 0.3) is 0 Å². The summed E-state index contributed by atoms with van der Waals surface area (Å²) in [4.78, 5) is 12.0. The maximum Gasteiger partial charge on any atom is 0.237 e. The summed E-state index contributed by atoms with van der Waals surface area (Å²) in [6.07, 6.45) is 2.98. The number of hydrogen-bond acceptors (Lipinski definition) is 3. The number of piperidine rings is 1. The van der Waals surface area contributed by atoms with Crippen molar-refractivity contribution in [3.63, 3.8) is 0 Å². The number of fused-ring (bicyclic) bond motifs is 1. The summed E-state index contributed by atoms with van der Waals surface area (Å²) in [5, 5.41) is 6.23. The number of rotatable bonds is 3. The summed E-state index contributed by atoms with van der Waals surface area (Å²) in [6.45, 7) is 4.35. The highest BCUT2D eigenvalue weighted by Crippen LogP contribution is 2.33. The first-order valence-electron chi connectivity index (χ1n) is 7.54. The van der Waals surface area contributed by atoms with Crippen LogP contribution in [-0.2, 0) is 11.2 Å². The van der Waals surface area contributed by atoms with Gasteiger partial charge in [-0.2, -0.15) is 0 Å². The topological polar surface area (TPSA) is 50.4 Å². The lowest BCUT2D eigenvalue weighted by molar-refractivity contribution is -0.123. The number of carbonyl (C=O) groups excluding carboxylic acids is 1. The minimum Gasteiger partial charge on any atom is -0.493 e. The van der Waals surface area contributed by atoms with E-state index in [4.69, 9.17) is 4.74 Å². The minimum absolute atomic E-state index is 0.0572. The molecule has 0 spiro atoms. The van der Waals surface area contributed by atoms with Gasteiger partial charge in [-0.3, -0.25) is 4.79 Å². The summed E-state index contributed by atoms with van der Waals surface area (Å²) in [7, 11) is 0. The second-order valence-electron chi connectivity index (χ2n) is 5.59. The normalized spacial score (nSPS) is 24.9. The Labute approximate surface area is 119 Å². The van der Waals surface area contributed by atoms with Crippen LogP contribution >= 0.6 is 0 Å². The average molecular weight is 274 g/mol. The third-order valence-electron chi connectivity index (χ3n) is 4.26. The van der Waals surface area contributed by atoms with Crippen LogP contribution in [0, 0.1) is 0 Å². The van der Waals surface area contributed by atoms with E-state index in [2.05, 4.69) is 28.8 Å². The fourth-order valence-corrected chi connectivity index (χ4v) is 3.18. The quantitative estimate of drug-likeness (QED) is 0.880. The molecule has 2 atom stereocenters. The van der Waals surface area contributed by atoms with E-state index in [9.17, 15) is 4.79 Å². The Morgan fingerprint density at radius 3 is 3.25 bits per heavy atom. The fourth-order valence-electron chi connectivity index (χ4n) is 3.18. The molecule has 2 unspecified atom stereocenters. The number of benzene rings is 1. The van der Waals surface area contributed by atoms with Gasteiger partial charge in [-0.15, -0.1) is 0 Å². The van der Waals surface area contributed by atoms with Crippen molar-refractivity contribution in [3.05, 3.63) is 29.3 Å². The summed E-state index contributed by atoms with van der Waals surface area (Å²) >= 11 is 0. The van der Waals surface area contributed by atoms with E-state index in [1.165, 1.54) is 11.1 Å². The van der Waals surface area contributed by atoms with Crippen molar-refractivity contribution in [2.75, 3.05) is 19.7 Å². The van der Waals surface area contributed by atoms with Crippen LogP contribution in [0.1, 0.15) is 36.8 Å². The molecule has 1 aromatic rings. The molecule has 2 heterocycles. The largest absolute Gasteiger partial charge is 0.493 e. The molecule has 0 saturated carbocycles. The zero-order valence-corrected chi connectivity index (χ0v) is 11.9. The van der Waals surface area contributed by atoms with Crippen LogP contribution < -0.4 is 15.4 Å². The molecule has 2 aliphatic heterocycles. The van der Waals surface area contributed by atoms with Crippen LogP contribution in [0.15, 0.2) is 18.2 Å². The van der Waals surface area contributed by atoms with E-state index >= 15 is 0 Å². The van der Waals surface area contributed by atoms with Crippen molar-refractivity contribution >= 4 is 5.91 Å². The van der Waals surface area contributed by atoms with Crippen molar-refractivity contribution < 1.29 is 9.53 Å². The molecule has 0 aliphatic carbocycles. The van der Waals surface area contributed by atoms with Crippen molar-refractivity contribution in [2.45, 2.75) is 38.1 Å². The first kappa shape index (κ1) is 13.4. The first-order valence-corrected chi connectivity index (χ1v) is 7.54. The molecule has 1 aromatic carbocycles. The maximum absolute atomic E-state index is 12.0.